The summed E-state index contributed by atoms with van der Waals surface area (Å²) in [5.41, 5.74) is 0.990. The van der Waals surface area contributed by atoms with E-state index in [0.717, 1.165) is 0 Å². The molecule has 2 aromatic rings. The number of hydrogen-bond acceptors (Lipinski definition) is 6. The summed E-state index contributed by atoms with van der Waals surface area (Å²) in [5.74, 6) is 1.51. The van der Waals surface area contributed by atoms with Crippen molar-refractivity contribution in [1.82, 2.24) is 0 Å². The van der Waals surface area contributed by atoms with Crippen molar-refractivity contribution in [3.63, 3.8) is 0 Å². The Labute approximate surface area is 167 Å². The van der Waals surface area contributed by atoms with Gasteiger partial charge in [-0.3, -0.25) is 4.79 Å². The first kappa shape index (κ1) is 20.8. The Morgan fingerprint density at radius 3 is 1.89 bits per heavy atom. The molecule has 9 heteroatoms. The lowest BCUT2D eigenvalue weighted by Gasteiger charge is -2.15. The van der Waals surface area contributed by atoms with Crippen molar-refractivity contribution in [2.45, 2.75) is 0 Å². The molecule has 0 fully saturated rings. The number of halogens is 2. The molecule has 0 aromatic heterocycles. The van der Waals surface area contributed by atoms with Crippen LogP contribution in [-0.4, -0.2) is 40.9 Å². The fourth-order valence-corrected chi connectivity index (χ4v) is 2.80. The first-order chi connectivity index (χ1) is 12.9. The van der Waals surface area contributed by atoms with Gasteiger partial charge in [-0.15, -0.1) is 0 Å². The summed E-state index contributed by atoms with van der Waals surface area (Å²) in [5, 5.41) is 6.48. The molecule has 0 unspecified atom stereocenters. The van der Waals surface area contributed by atoms with Crippen molar-refractivity contribution >= 4 is 40.5 Å². The van der Waals surface area contributed by atoms with E-state index in [1.54, 1.807) is 24.3 Å². The Morgan fingerprint density at radius 2 is 1.30 bits per heavy atom. The van der Waals surface area contributed by atoms with Crippen molar-refractivity contribution in [2.75, 3.05) is 45.6 Å². The number of methoxy groups -OCH3 is 4. The van der Waals surface area contributed by atoms with E-state index in [1.807, 2.05) is 0 Å². The van der Waals surface area contributed by atoms with Crippen LogP contribution in [0.15, 0.2) is 24.3 Å². The van der Waals surface area contributed by atoms with Crippen molar-refractivity contribution < 1.29 is 23.7 Å². The SMILES string of the molecule is COc1cc(NCC(=O)Nc2cc(Cl)c(OC)cc2OC)c(OC)cc1Cl. The third-order valence-corrected chi connectivity index (χ3v) is 4.25. The number of benzene rings is 2. The van der Waals surface area contributed by atoms with E-state index in [9.17, 15) is 4.79 Å². The van der Waals surface area contributed by atoms with E-state index in [1.165, 1.54) is 28.4 Å². The molecule has 0 aliphatic heterocycles. The zero-order valence-corrected chi connectivity index (χ0v) is 16.8. The highest BCUT2D eigenvalue weighted by Crippen LogP contribution is 2.37. The molecule has 0 aliphatic carbocycles. The molecule has 7 nitrogen and oxygen atoms in total. The van der Waals surface area contributed by atoms with Gasteiger partial charge in [-0.25, -0.2) is 0 Å². The maximum absolute atomic E-state index is 12.3. The molecule has 0 saturated heterocycles. The van der Waals surface area contributed by atoms with E-state index in [-0.39, 0.29) is 12.5 Å². The molecule has 2 aromatic carbocycles. The number of anilines is 2. The van der Waals surface area contributed by atoms with Gasteiger partial charge in [0.25, 0.3) is 0 Å². The maximum Gasteiger partial charge on any atom is 0.243 e. The van der Waals surface area contributed by atoms with Gasteiger partial charge in [0.1, 0.15) is 23.0 Å². The zero-order chi connectivity index (χ0) is 20.0. The van der Waals surface area contributed by atoms with Crippen molar-refractivity contribution in [2.24, 2.45) is 0 Å². The number of carbonyl (C=O) groups excluding carboxylic acids is 1. The zero-order valence-electron chi connectivity index (χ0n) is 15.3. The lowest BCUT2D eigenvalue weighted by atomic mass is 10.2. The molecule has 2 rings (SSSR count). The minimum absolute atomic E-state index is 0.0338. The van der Waals surface area contributed by atoms with Crippen LogP contribution < -0.4 is 29.6 Å². The van der Waals surface area contributed by atoms with E-state index < -0.39 is 0 Å². The fraction of sp³-hybridized carbons (Fsp3) is 0.278. The van der Waals surface area contributed by atoms with Crippen LogP contribution in [0.4, 0.5) is 11.4 Å². The Bertz CT molecular complexity index is 830. The topological polar surface area (TPSA) is 78.1 Å². The number of carbonyl (C=O) groups is 1. The number of hydrogen-bond donors (Lipinski definition) is 2. The average Bonchev–Trinajstić information content (AvgIpc) is 2.66. The summed E-state index contributed by atoms with van der Waals surface area (Å²) >= 11 is 12.2. The van der Waals surface area contributed by atoms with Gasteiger partial charge in [0.05, 0.1) is 56.4 Å². The normalized spacial score (nSPS) is 10.1. The van der Waals surface area contributed by atoms with Gasteiger partial charge in [0, 0.05) is 18.2 Å². The standard InChI is InChI=1S/C18H20Cl2N2O5/c1-24-14-7-12(16(26-3)6-11(14)20)21-9-18(23)22-13-5-10(19)15(25-2)8-17(13)27-4/h5-8,21H,9H2,1-4H3,(H,22,23). The van der Waals surface area contributed by atoms with Gasteiger partial charge < -0.3 is 29.6 Å². The summed E-state index contributed by atoms with van der Waals surface area (Å²) in [4.78, 5) is 12.3. The van der Waals surface area contributed by atoms with Crippen LogP contribution in [0.2, 0.25) is 10.0 Å². The molecule has 146 valence electrons. The second kappa shape index (κ2) is 9.43. The quantitative estimate of drug-likeness (QED) is 0.677. The van der Waals surface area contributed by atoms with Gasteiger partial charge in [0.2, 0.25) is 5.91 Å². The highest BCUT2D eigenvalue weighted by atomic mass is 35.5. The van der Waals surface area contributed by atoms with Crippen molar-refractivity contribution in [3.05, 3.63) is 34.3 Å². The molecule has 2 N–H and O–H groups in total. The van der Waals surface area contributed by atoms with Gasteiger partial charge >= 0.3 is 0 Å². The Balaban J connectivity index is 2.12. The number of rotatable bonds is 8. The van der Waals surface area contributed by atoms with Gasteiger partial charge in [-0.1, -0.05) is 23.2 Å². The van der Waals surface area contributed by atoms with Crippen LogP contribution in [0, 0.1) is 0 Å². The van der Waals surface area contributed by atoms with Crippen molar-refractivity contribution in [1.29, 1.82) is 0 Å². The summed E-state index contributed by atoms with van der Waals surface area (Å²) in [7, 11) is 6.00. The first-order valence-corrected chi connectivity index (χ1v) is 8.55. The summed E-state index contributed by atoms with van der Waals surface area (Å²) < 4.78 is 20.8. The predicted octanol–water partition coefficient (Wildman–Crippen LogP) is 4.08. The minimum atomic E-state index is -0.314. The second-order valence-corrected chi connectivity index (χ2v) is 6.09. The molecule has 0 spiro atoms. The molecule has 1 amide bonds. The van der Waals surface area contributed by atoms with Crippen LogP contribution in [0.5, 0.6) is 23.0 Å². The van der Waals surface area contributed by atoms with E-state index >= 15 is 0 Å². The van der Waals surface area contributed by atoms with E-state index in [4.69, 9.17) is 42.1 Å². The Kier molecular flexibility index (Phi) is 7.27. The molecule has 0 aliphatic rings. The van der Waals surface area contributed by atoms with Crippen molar-refractivity contribution in [3.8, 4) is 23.0 Å². The molecule has 0 radical (unpaired) electrons. The third kappa shape index (κ3) is 5.02. The van der Waals surface area contributed by atoms with Crippen LogP contribution in [0.3, 0.4) is 0 Å². The summed E-state index contributed by atoms with van der Waals surface area (Å²) in [6.07, 6.45) is 0. The highest BCUT2D eigenvalue weighted by Gasteiger charge is 2.14. The number of amides is 1. The first-order valence-electron chi connectivity index (χ1n) is 7.80. The molecule has 0 bridgehead atoms. The minimum Gasteiger partial charge on any atom is -0.495 e. The largest absolute Gasteiger partial charge is 0.495 e. The summed E-state index contributed by atoms with van der Waals surface area (Å²) in [6, 6.07) is 6.41. The fourth-order valence-electron chi connectivity index (χ4n) is 2.33. The Hall–Kier alpha value is -2.51. The maximum atomic E-state index is 12.3. The third-order valence-electron chi connectivity index (χ3n) is 3.66. The molecular weight excluding hydrogens is 395 g/mol. The molecule has 0 atom stereocenters. The van der Waals surface area contributed by atoms with Gasteiger partial charge in [-0.05, 0) is 6.07 Å². The number of nitrogens with one attached hydrogen (secondary N) is 2. The molecule has 0 heterocycles. The van der Waals surface area contributed by atoms with Crippen LogP contribution in [-0.2, 0) is 4.79 Å². The second-order valence-electron chi connectivity index (χ2n) is 5.28. The monoisotopic (exact) mass is 414 g/mol. The predicted molar refractivity (Wildman–Crippen MR) is 106 cm³/mol. The molecule has 0 saturated carbocycles. The van der Waals surface area contributed by atoms with E-state index in [2.05, 4.69) is 10.6 Å². The Morgan fingerprint density at radius 1 is 0.778 bits per heavy atom. The van der Waals surface area contributed by atoms with Crippen LogP contribution in [0.25, 0.3) is 0 Å². The highest BCUT2D eigenvalue weighted by molar-refractivity contribution is 6.32. The molecular formula is C18H20Cl2N2O5. The van der Waals surface area contributed by atoms with E-state index in [0.29, 0.717) is 44.4 Å². The van der Waals surface area contributed by atoms with Crippen LogP contribution in [0.1, 0.15) is 0 Å². The molecule has 27 heavy (non-hydrogen) atoms. The van der Waals surface area contributed by atoms with Gasteiger partial charge in [-0.2, -0.15) is 0 Å². The van der Waals surface area contributed by atoms with Gasteiger partial charge in [0.15, 0.2) is 0 Å². The van der Waals surface area contributed by atoms with Crippen LogP contribution >= 0.6 is 23.2 Å². The lowest BCUT2D eigenvalue weighted by molar-refractivity contribution is -0.114. The average molecular weight is 415 g/mol. The number of ether oxygens (including phenoxy) is 4. The smallest absolute Gasteiger partial charge is 0.243 e. The summed E-state index contributed by atoms with van der Waals surface area (Å²) in [6.45, 7) is -0.0338. The lowest BCUT2D eigenvalue weighted by Crippen LogP contribution is -2.22.